The fourth-order valence-electron chi connectivity index (χ4n) is 2.33. The number of hydrogen-bond acceptors (Lipinski definition) is 5. The van der Waals surface area contributed by atoms with E-state index in [2.05, 4.69) is 0 Å². The van der Waals surface area contributed by atoms with E-state index in [9.17, 15) is 12.8 Å². The summed E-state index contributed by atoms with van der Waals surface area (Å²) in [7, 11) is -2.48. The molecule has 0 aliphatic carbocycles. The van der Waals surface area contributed by atoms with E-state index < -0.39 is 15.8 Å². The lowest BCUT2D eigenvalue weighted by molar-refractivity contribution is 0.340. The molecule has 2 atom stereocenters. The highest BCUT2D eigenvalue weighted by molar-refractivity contribution is 8.00. The molecule has 118 valence electrons. The second-order valence-corrected chi connectivity index (χ2v) is 8.34. The molecule has 0 aromatic heterocycles. The van der Waals surface area contributed by atoms with Gasteiger partial charge in [-0.3, -0.25) is 0 Å². The first kappa shape index (κ1) is 16.4. The summed E-state index contributed by atoms with van der Waals surface area (Å²) in [5.74, 6) is -0.188. The minimum absolute atomic E-state index is 0.0249. The first-order chi connectivity index (χ1) is 9.78. The van der Waals surface area contributed by atoms with Crippen LogP contribution in [0.2, 0.25) is 0 Å². The predicted octanol–water partition coefficient (Wildman–Crippen LogP) is 1.93. The lowest BCUT2D eigenvalue weighted by Gasteiger charge is -2.36. The van der Waals surface area contributed by atoms with Crippen molar-refractivity contribution in [3.63, 3.8) is 0 Å². The van der Waals surface area contributed by atoms with Crippen LogP contribution in [-0.2, 0) is 10.0 Å². The fraction of sp³-hybridized carbons (Fsp3) is 0.538. The van der Waals surface area contributed by atoms with Crippen LogP contribution in [0.25, 0.3) is 0 Å². The van der Waals surface area contributed by atoms with E-state index in [0.29, 0.717) is 6.54 Å². The Labute approximate surface area is 128 Å². The van der Waals surface area contributed by atoms with E-state index in [0.717, 1.165) is 11.8 Å². The van der Waals surface area contributed by atoms with Crippen LogP contribution in [0.3, 0.4) is 0 Å². The number of halogens is 1. The van der Waals surface area contributed by atoms with E-state index in [4.69, 9.17) is 10.5 Å². The van der Waals surface area contributed by atoms with Crippen LogP contribution in [-0.4, -0.2) is 43.4 Å². The van der Waals surface area contributed by atoms with Crippen molar-refractivity contribution < 1.29 is 17.5 Å². The maximum absolute atomic E-state index is 13.9. The first-order valence-corrected chi connectivity index (χ1v) is 9.04. The number of benzene rings is 1. The third kappa shape index (κ3) is 2.97. The van der Waals surface area contributed by atoms with Crippen LogP contribution in [0.4, 0.5) is 10.1 Å². The third-order valence-electron chi connectivity index (χ3n) is 3.68. The Hall–Kier alpha value is -0.990. The predicted molar refractivity (Wildman–Crippen MR) is 82.6 cm³/mol. The average Bonchev–Trinajstić information content (AvgIpc) is 2.41. The summed E-state index contributed by atoms with van der Waals surface area (Å²) in [6.07, 6.45) is 0. The van der Waals surface area contributed by atoms with E-state index in [1.807, 2.05) is 13.8 Å². The number of methoxy groups -OCH3 is 1. The number of rotatable bonds is 3. The highest BCUT2D eigenvalue weighted by atomic mass is 32.2. The molecule has 0 bridgehead atoms. The molecule has 2 N–H and O–H groups in total. The monoisotopic (exact) mass is 334 g/mol. The molecule has 1 aromatic carbocycles. The van der Waals surface area contributed by atoms with Gasteiger partial charge in [0.1, 0.15) is 0 Å². The molecule has 5 nitrogen and oxygen atoms in total. The zero-order chi connectivity index (χ0) is 15.8. The molecule has 0 radical (unpaired) electrons. The molecule has 2 rings (SSSR count). The van der Waals surface area contributed by atoms with Crippen molar-refractivity contribution in [1.29, 1.82) is 0 Å². The molecule has 1 saturated heterocycles. The number of nitrogen functional groups attached to an aromatic ring is 1. The van der Waals surface area contributed by atoms with Gasteiger partial charge in [-0.15, -0.1) is 0 Å². The van der Waals surface area contributed by atoms with Gasteiger partial charge < -0.3 is 10.5 Å². The number of sulfonamides is 1. The second kappa shape index (κ2) is 6.02. The zero-order valence-electron chi connectivity index (χ0n) is 12.2. The molecule has 1 fully saturated rings. The van der Waals surface area contributed by atoms with Gasteiger partial charge in [0.05, 0.1) is 17.7 Å². The molecule has 1 aliphatic heterocycles. The average molecular weight is 334 g/mol. The lowest BCUT2D eigenvalue weighted by Crippen LogP contribution is -2.47. The van der Waals surface area contributed by atoms with Gasteiger partial charge in [-0.05, 0) is 19.1 Å². The van der Waals surface area contributed by atoms with Gasteiger partial charge in [0.15, 0.2) is 11.6 Å². The van der Waals surface area contributed by atoms with E-state index >= 15 is 0 Å². The van der Waals surface area contributed by atoms with Crippen molar-refractivity contribution in [2.75, 3.05) is 25.1 Å². The molecule has 0 amide bonds. The number of nitrogens with two attached hydrogens (primary N) is 1. The van der Waals surface area contributed by atoms with Crippen molar-refractivity contribution >= 4 is 27.5 Å². The van der Waals surface area contributed by atoms with Crippen molar-refractivity contribution in [2.24, 2.45) is 0 Å². The molecule has 1 heterocycles. The van der Waals surface area contributed by atoms with Gasteiger partial charge in [-0.2, -0.15) is 16.1 Å². The Bertz CT molecular complexity index is 613. The Kier molecular flexibility index (Phi) is 4.69. The van der Waals surface area contributed by atoms with Crippen LogP contribution in [0.15, 0.2) is 17.0 Å². The van der Waals surface area contributed by atoms with Crippen LogP contribution in [0.5, 0.6) is 5.75 Å². The molecular formula is C13H19FN2O3S2. The summed E-state index contributed by atoms with van der Waals surface area (Å²) in [5.41, 5.74) is 5.64. The smallest absolute Gasteiger partial charge is 0.243 e. The Morgan fingerprint density at radius 2 is 2.10 bits per heavy atom. The Morgan fingerprint density at radius 3 is 2.67 bits per heavy atom. The van der Waals surface area contributed by atoms with Crippen molar-refractivity contribution in [2.45, 2.75) is 30.0 Å². The fourth-order valence-corrected chi connectivity index (χ4v) is 5.38. The number of thioether (sulfide) groups is 1. The molecular weight excluding hydrogens is 315 g/mol. The highest BCUT2D eigenvalue weighted by Gasteiger charge is 2.35. The lowest BCUT2D eigenvalue weighted by atomic mass is 10.2. The van der Waals surface area contributed by atoms with Gasteiger partial charge in [0.2, 0.25) is 10.0 Å². The topological polar surface area (TPSA) is 72.6 Å². The molecule has 0 spiro atoms. The van der Waals surface area contributed by atoms with Crippen LogP contribution < -0.4 is 10.5 Å². The van der Waals surface area contributed by atoms with Crippen molar-refractivity contribution in [3.8, 4) is 5.75 Å². The Morgan fingerprint density at radius 1 is 1.43 bits per heavy atom. The number of ether oxygens (including phenoxy) is 1. The van der Waals surface area contributed by atoms with Crippen LogP contribution >= 0.6 is 11.8 Å². The van der Waals surface area contributed by atoms with Crippen LogP contribution in [0.1, 0.15) is 13.8 Å². The largest absolute Gasteiger partial charge is 0.492 e. The molecule has 1 aromatic rings. The number of anilines is 1. The summed E-state index contributed by atoms with van der Waals surface area (Å²) in [6.45, 7) is 4.25. The first-order valence-electron chi connectivity index (χ1n) is 6.55. The van der Waals surface area contributed by atoms with Crippen LogP contribution in [0, 0.1) is 5.82 Å². The van der Waals surface area contributed by atoms with E-state index in [-0.39, 0.29) is 27.6 Å². The standard InChI is InChI=1S/C13H19FN2O3S2/c1-8-9(2)20-5-4-16(8)21(17,18)10-6-11(14)13(19-3)12(15)7-10/h6-9H,4-5,15H2,1-3H3. The molecule has 1 aliphatic rings. The molecule has 2 unspecified atom stereocenters. The van der Waals surface area contributed by atoms with Crippen molar-refractivity contribution in [3.05, 3.63) is 17.9 Å². The Balaban J connectivity index is 2.44. The van der Waals surface area contributed by atoms with Gasteiger partial charge >= 0.3 is 0 Å². The molecule has 8 heteroatoms. The zero-order valence-corrected chi connectivity index (χ0v) is 13.8. The number of nitrogens with zero attached hydrogens (tertiary/aromatic N) is 1. The second-order valence-electron chi connectivity index (χ2n) is 4.96. The summed E-state index contributed by atoms with van der Waals surface area (Å²) in [4.78, 5) is -0.135. The van der Waals surface area contributed by atoms with E-state index in [1.165, 1.54) is 17.5 Å². The minimum atomic E-state index is -3.77. The maximum atomic E-state index is 13.9. The van der Waals surface area contributed by atoms with Gasteiger partial charge in [-0.25, -0.2) is 12.8 Å². The van der Waals surface area contributed by atoms with Gasteiger partial charge in [0, 0.05) is 23.6 Å². The summed E-state index contributed by atoms with van der Waals surface area (Å²) < 4.78 is 45.5. The summed E-state index contributed by atoms with van der Waals surface area (Å²) in [5, 5.41) is 0.189. The minimum Gasteiger partial charge on any atom is -0.492 e. The molecule has 0 saturated carbocycles. The highest BCUT2D eigenvalue weighted by Crippen LogP contribution is 2.33. The summed E-state index contributed by atoms with van der Waals surface area (Å²) >= 11 is 1.73. The quantitative estimate of drug-likeness (QED) is 0.855. The molecule has 21 heavy (non-hydrogen) atoms. The van der Waals surface area contributed by atoms with E-state index in [1.54, 1.807) is 11.8 Å². The number of hydrogen-bond donors (Lipinski definition) is 1. The third-order valence-corrected chi connectivity index (χ3v) is 6.98. The van der Waals surface area contributed by atoms with Gasteiger partial charge in [-0.1, -0.05) is 6.92 Å². The van der Waals surface area contributed by atoms with Crippen molar-refractivity contribution in [1.82, 2.24) is 4.31 Å². The summed E-state index contributed by atoms with van der Waals surface area (Å²) in [6, 6.07) is 2.06. The van der Waals surface area contributed by atoms with Gasteiger partial charge in [0.25, 0.3) is 0 Å². The normalized spacial score (nSPS) is 24.0. The maximum Gasteiger partial charge on any atom is 0.243 e. The SMILES string of the molecule is COc1c(N)cc(S(=O)(=O)N2CCSC(C)C2C)cc1F.